The highest BCUT2D eigenvalue weighted by atomic mass is 32.1. The summed E-state index contributed by atoms with van der Waals surface area (Å²) in [6.07, 6.45) is 7.08. The molecule has 2 fully saturated rings. The molecule has 4 rings (SSSR count). The number of nitrogens with zero attached hydrogens (tertiary/aromatic N) is 2. The molecule has 1 amide bonds. The number of rotatable bonds is 7. The topological polar surface area (TPSA) is 87.5 Å². The van der Waals surface area contributed by atoms with Crippen molar-refractivity contribution in [1.29, 1.82) is 0 Å². The van der Waals surface area contributed by atoms with Crippen molar-refractivity contribution < 1.29 is 9.72 Å². The lowest BCUT2D eigenvalue weighted by Gasteiger charge is -2.40. The number of nitro benzene ring substituents is 1. The molecule has 0 bridgehead atoms. The molecule has 7 nitrogen and oxygen atoms in total. The number of carbonyl (C=O) groups is 1. The maximum Gasteiger partial charge on any atom is 0.269 e. The van der Waals surface area contributed by atoms with Crippen LogP contribution in [-0.2, 0) is 11.2 Å². The Kier molecular flexibility index (Phi) is 7.19. The average Bonchev–Trinajstić information content (AvgIpc) is 3.28. The van der Waals surface area contributed by atoms with Gasteiger partial charge in [0, 0.05) is 49.0 Å². The van der Waals surface area contributed by atoms with Crippen molar-refractivity contribution in [2.24, 2.45) is 0 Å². The Hall–Kier alpha value is -2.45. The highest BCUT2D eigenvalue weighted by molar-refractivity contribution is 7.08. The van der Waals surface area contributed by atoms with Crippen LogP contribution in [0, 0.1) is 10.1 Å². The number of amides is 1. The van der Waals surface area contributed by atoms with Crippen LogP contribution in [0.4, 0.5) is 11.4 Å². The van der Waals surface area contributed by atoms with Crippen LogP contribution >= 0.6 is 11.3 Å². The lowest BCUT2D eigenvalue weighted by atomic mass is 9.88. The van der Waals surface area contributed by atoms with E-state index in [2.05, 4.69) is 15.5 Å². The highest BCUT2D eigenvalue weighted by Gasteiger charge is 2.30. The summed E-state index contributed by atoms with van der Waals surface area (Å²) in [5.74, 6) is 0.105. The van der Waals surface area contributed by atoms with Gasteiger partial charge in [-0.25, -0.2) is 0 Å². The van der Waals surface area contributed by atoms with Gasteiger partial charge >= 0.3 is 0 Å². The van der Waals surface area contributed by atoms with Crippen LogP contribution < -0.4 is 15.5 Å². The summed E-state index contributed by atoms with van der Waals surface area (Å²) in [5, 5.41) is 22.1. The summed E-state index contributed by atoms with van der Waals surface area (Å²) in [4.78, 5) is 25.4. The van der Waals surface area contributed by atoms with Gasteiger partial charge in [-0.2, -0.15) is 11.3 Å². The third kappa shape index (κ3) is 5.83. The molecule has 1 saturated heterocycles. The minimum absolute atomic E-state index is 0.105. The maximum atomic E-state index is 12.5. The summed E-state index contributed by atoms with van der Waals surface area (Å²) in [6.45, 7) is 1.84. The number of carbonyl (C=O) groups excluding carboxylic acids is 1. The molecular formula is C23H30N4O3S. The van der Waals surface area contributed by atoms with Crippen LogP contribution in [0.3, 0.4) is 0 Å². The maximum absolute atomic E-state index is 12.5. The summed E-state index contributed by atoms with van der Waals surface area (Å²) in [7, 11) is 0. The van der Waals surface area contributed by atoms with E-state index < -0.39 is 0 Å². The van der Waals surface area contributed by atoms with Crippen molar-refractivity contribution in [1.82, 2.24) is 10.6 Å². The SMILES string of the molecule is O=C(Cc1ccsc1)N[C@@H]1CCCC[C@H]1N[C@H]1CCCN(c2ccc([N+](=O)[O-])cc2)C1. The number of hydrogen-bond donors (Lipinski definition) is 2. The van der Waals surface area contributed by atoms with E-state index in [-0.39, 0.29) is 22.6 Å². The fraction of sp³-hybridized carbons (Fsp3) is 0.522. The minimum atomic E-state index is -0.361. The number of hydrogen-bond acceptors (Lipinski definition) is 6. The number of non-ortho nitro benzene ring substituents is 1. The Morgan fingerprint density at radius 1 is 1.10 bits per heavy atom. The number of nitrogens with one attached hydrogen (secondary N) is 2. The largest absolute Gasteiger partial charge is 0.370 e. The van der Waals surface area contributed by atoms with E-state index in [9.17, 15) is 14.9 Å². The average molecular weight is 443 g/mol. The number of thiophene rings is 1. The zero-order valence-electron chi connectivity index (χ0n) is 17.7. The van der Waals surface area contributed by atoms with E-state index in [1.807, 2.05) is 29.0 Å². The molecule has 1 aromatic heterocycles. The Balaban J connectivity index is 1.33. The zero-order chi connectivity index (χ0) is 21.6. The van der Waals surface area contributed by atoms with Crippen molar-refractivity contribution in [3.63, 3.8) is 0 Å². The van der Waals surface area contributed by atoms with Gasteiger partial charge in [0.1, 0.15) is 0 Å². The molecule has 2 aromatic rings. The van der Waals surface area contributed by atoms with E-state index in [1.54, 1.807) is 23.5 Å². The first-order valence-electron chi connectivity index (χ1n) is 11.1. The zero-order valence-corrected chi connectivity index (χ0v) is 18.5. The first kappa shape index (κ1) is 21.8. The molecule has 2 heterocycles. The molecule has 31 heavy (non-hydrogen) atoms. The number of nitro groups is 1. The Bertz CT molecular complexity index is 871. The third-order valence-corrected chi connectivity index (χ3v) is 7.09. The van der Waals surface area contributed by atoms with Gasteiger partial charge in [0.25, 0.3) is 5.69 Å². The fourth-order valence-corrected chi connectivity index (χ4v) is 5.44. The molecule has 1 aliphatic carbocycles. The van der Waals surface area contributed by atoms with E-state index >= 15 is 0 Å². The second-order valence-electron chi connectivity index (χ2n) is 8.60. The van der Waals surface area contributed by atoms with Crippen LogP contribution in [0.5, 0.6) is 0 Å². The third-order valence-electron chi connectivity index (χ3n) is 6.35. The van der Waals surface area contributed by atoms with Gasteiger partial charge in [-0.1, -0.05) is 12.8 Å². The molecular weight excluding hydrogens is 412 g/mol. The lowest BCUT2D eigenvalue weighted by Crippen LogP contribution is -2.57. The molecule has 2 N–H and O–H groups in total. The summed E-state index contributed by atoms with van der Waals surface area (Å²) in [5.41, 5.74) is 2.23. The first-order chi connectivity index (χ1) is 15.1. The van der Waals surface area contributed by atoms with Gasteiger partial charge in [0.05, 0.1) is 11.3 Å². The number of benzene rings is 1. The molecule has 0 unspecified atom stereocenters. The highest BCUT2D eigenvalue weighted by Crippen LogP contribution is 2.25. The van der Waals surface area contributed by atoms with E-state index in [4.69, 9.17) is 0 Å². The molecule has 0 spiro atoms. The Morgan fingerprint density at radius 2 is 1.87 bits per heavy atom. The van der Waals surface area contributed by atoms with Gasteiger partial charge in [-0.05, 0) is 60.2 Å². The van der Waals surface area contributed by atoms with E-state index in [0.29, 0.717) is 18.5 Å². The predicted octanol–water partition coefficient (Wildman–Crippen LogP) is 3.88. The Morgan fingerprint density at radius 3 is 2.58 bits per heavy atom. The summed E-state index contributed by atoms with van der Waals surface area (Å²) in [6, 6.07) is 9.66. The van der Waals surface area contributed by atoms with Gasteiger partial charge in [0.2, 0.25) is 5.91 Å². The van der Waals surface area contributed by atoms with Crippen molar-refractivity contribution in [3.05, 3.63) is 56.8 Å². The molecule has 8 heteroatoms. The molecule has 166 valence electrons. The number of piperidine rings is 1. The molecule has 1 aromatic carbocycles. The predicted molar refractivity (Wildman–Crippen MR) is 124 cm³/mol. The van der Waals surface area contributed by atoms with Crippen LogP contribution in [0.25, 0.3) is 0 Å². The molecule has 1 aliphatic heterocycles. The van der Waals surface area contributed by atoms with Gasteiger partial charge in [-0.3, -0.25) is 14.9 Å². The molecule has 2 aliphatic rings. The van der Waals surface area contributed by atoms with Crippen LogP contribution in [0.2, 0.25) is 0 Å². The second-order valence-corrected chi connectivity index (χ2v) is 9.38. The van der Waals surface area contributed by atoms with E-state index in [1.165, 1.54) is 6.42 Å². The van der Waals surface area contributed by atoms with Crippen molar-refractivity contribution >= 4 is 28.6 Å². The summed E-state index contributed by atoms with van der Waals surface area (Å²) >= 11 is 1.62. The first-order valence-corrected chi connectivity index (χ1v) is 12.1. The molecule has 1 saturated carbocycles. The lowest BCUT2D eigenvalue weighted by molar-refractivity contribution is -0.384. The smallest absolute Gasteiger partial charge is 0.269 e. The standard InChI is InChI=1S/C23H30N4O3S/c28-23(14-17-11-13-31-16-17)25-22-6-2-1-5-21(22)24-18-4-3-12-26(15-18)19-7-9-20(10-8-19)27(29)30/h7-11,13,16,18,21-22,24H,1-6,12,14-15H2,(H,25,28)/t18-,21+,22+/m0/s1. The van der Waals surface area contributed by atoms with Crippen LogP contribution in [0.1, 0.15) is 44.1 Å². The van der Waals surface area contributed by atoms with Crippen LogP contribution in [0.15, 0.2) is 41.1 Å². The summed E-state index contributed by atoms with van der Waals surface area (Å²) < 4.78 is 0. The van der Waals surface area contributed by atoms with E-state index in [0.717, 1.165) is 56.4 Å². The van der Waals surface area contributed by atoms with Crippen molar-refractivity contribution in [3.8, 4) is 0 Å². The van der Waals surface area contributed by atoms with Crippen molar-refractivity contribution in [2.75, 3.05) is 18.0 Å². The minimum Gasteiger partial charge on any atom is -0.370 e. The van der Waals surface area contributed by atoms with Gasteiger partial charge < -0.3 is 15.5 Å². The van der Waals surface area contributed by atoms with Gasteiger partial charge in [0.15, 0.2) is 0 Å². The molecule has 3 atom stereocenters. The monoisotopic (exact) mass is 442 g/mol. The normalized spacial score (nSPS) is 24.0. The number of anilines is 1. The molecule has 0 radical (unpaired) electrons. The fourth-order valence-electron chi connectivity index (χ4n) is 4.78. The van der Waals surface area contributed by atoms with Crippen LogP contribution in [-0.4, -0.2) is 42.0 Å². The van der Waals surface area contributed by atoms with Crippen molar-refractivity contribution in [2.45, 2.75) is 63.1 Å². The quantitative estimate of drug-likeness (QED) is 0.502. The Labute approximate surface area is 187 Å². The van der Waals surface area contributed by atoms with Gasteiger partial charge in [-0.15, -0.1) is 0 Å². The second kappa shape index (κ2) is 10.2.